The van der Waals surface area contributed by atoms with Gasteiger partial charge < -0.3 is 14.5 Å². The molecule has 0 saturated heterocycles. The topological polar surface area (TPSA) is 54.0 Å². The van der Waals surface area contributed by atoms with Crippen LogP contribution in [0.1, 0.15) is 0 Å². The summed E-state index contributed by atoms with van der Waals surface area (Å²) in [6.07, 6.45) is 4.63. The van der Waals surface area contributed by atoms with Gasteiger partial charge in [-0.15, -0.1) is 0 Å². The molecule has 2 aromatic heterocycles. The van der Waals surface area contributed by atoms with Crippen LogP contribution in [0.25, 0.3) is 11.0 Å². The largest absolute Gasteiger partial charge is 0.619 e. The van der Waals surface area contributed by atoms with E-state index < -0.39 is 8.07 Å². The van der Waals surface area contributed by atoms with E-state index in [0.29, 0.717) is 12.2 Å². The standard InChI is InChI=1S/C12H18BrN3O2Si/c1-19(2,3)5-4-18-9-15-8-14-11-7-16(17)6-10(13)12(11)15/h6-8H,4-5,9H2,1-3H3. The van der Waals surface area contributed by atoms with Gasteiger partial charge in [0.1, 0.15) is 11.2 Å². The van der Waals surface area contributed by atoms with Crippen molar-refractivity contribution in [2.24, 2.45) is 0 Å². The predicted octanol–water partition coefficient (Wildman–Crippen LogP) is 2.74. The van der Waals surface area contributed by atoms with Crippen molar-refractivity contribution in [1.29, 1.82) is 0 Å². The number of imidazole rings is 1. The second kappa shape index (κ2) is 5.60. The molecule has 0 aliphatic rings. The Morgan fingerprint density at radius 3 is 2.84 bits per heavy atom. The Morgan fingerprint density at radius 2 is 2.16 bits per heavy atom. The molecule has 0 bridgehead atoms. The number of hydrogen-bond donors (Lipinski definition) is 0. The first kappa shape index (κ1) is 14.5. The van der Waals surface area contributed by atoms with E-state index in [0.717, 1.165) is 27.4 Å². The van der Waals surface area contributed by atoms with Crippen LogP contribution >= 0.6 is 15.9 Å². The van der Waals surface area contributed by atoms with Crippen molar-refractivity contribution in [3.63, 3.8) is 0 Å². The van der Waals surface area contributed by atoms with Crippen LogP contribution in [0.5, 0.6) is 0 Å². The number of pyridine rings is 1. The van der Waals surface area contributed by atoms with Crippen LogP contribution in [0.15, 0.2) is 23.2 Å². The molecule has 104 valence electrons. The van der Waals surface area contributed by atoms with E-state index in [-0.39, 0.29) is 0 Å². The molecule has 7 heteroatoms. The van der Waals surface area contributed by atoms with Gasteiger partial charge in [-0.3, -0.25) is 0 Å². The van der Waals surface area contributed by atoms with Crippen molar-refractivity contribution in [2.45, 2.75) is 32.4 Å². The van der Waals surface area contributed by atoms with Crippen molar-refractivity contribution in [1.82, 2.24) is 9.55 Å². The first-order valence-electron chi connectivity index (χ1n) is 6.18. The lowest BCUT2D eigenvalue weighted by atomic mass is 10.4. The third-order valence-corrected chi connectivity index (χ3v) is 5.09. The minimum absolute atomic E-state index is 0.461. The number of nitrogens with zero attached hydrogens (tertiary/aromatic N) is 3. The average Bonchev–Trinajstić information content (AvgIpc) is 2.66. The van der Waals surface area contributed by atoms with Gasteiger partial charge in [0.25, 0.3) is 0 Å². The number of aromatic nitrogens is 3. The number of ether oxygens (including phenoxy) is 1. The fraction of sp³-hybridized carbons (Fsp3) is 0.500. The van der Waals surface area contributed by atoms with Crippen molar-refractivity contribution in [3.05, 3.63) is 28.4 Å². The van der Waals surface area contributed by atoms with Gasteiger partial charge in [-0.05, 0) is 22.0 Å². The number of halogens is 1. The van der Waals surface area contributed by atoms with E-state index in [1.54, 1.807) is 6.33 Å². The predicted molar refractivity (Wildman–Crippen MR) is 80.5 cm³/mol. The summed E-state index contributed by atoms with van der Waals surface area (Å²) < 4.78 is 9.08. The van der Waals surface area contributed by atoms with Crippen molar-refractivity contribution in [2.75, 3.05) is 6.61 Å². The molecule has 2 aromatic rings. The Morgan fingerprint density at radius 1 is 1.42 bits per heavy atom. The van der Waals surface area contributed by atoms with Gasteiger partial charge in [-0.1, -0.05) is 19.6 Å². The molecule has 0 aliphatic carbocycles. The Kier molecular flexibility index (Phi) is 4.27. The van der Waals surface area contributed by atoms with Crippen LogP contribution < -0.4 is 4.73 Å². The summed E-state index contributed by atoms with van der Waals surface area (Å²) >= 11 is 3.39. The second-order valence-electron chi connectivity index (χ2n) is 5.76. The lowest BCUT2D eigenvalue weighted by molar-refractivity contribution is -0.604. The summed E-state index contributed by atoms with van der Waals surface area (Å²) in [5, 5.41) is 11.3. The fourth-order valence-electron chi connectivity index (χ4n) is 1.72. The molecular formula is C12H18BrN3O2Si. The van der Waals surface area contributed by atoms with Crippen molar-refractivity contribution < 1.29 is 9.47 Å². The van der Waals surface area contributed by atoms with Crippen LogP contribution in [-0.4, -0.2) is 24.2 Å². The average molecular weight is 344 g/mol. The third-order valence-electron chi connectivity index (χ3n) is 2.81. The molecule has 0 aromatic carbocycles. The Labute approximate surface area is 121 Å². The smallest absolute Gasteiger partial charge is 0.208 e. The molecule has 0 fully saturated rings. The molecular weight excluding hydrogens is 326 g/mol. The second-order valence-corrected chi connectivity index (χ2v) is 12.2. The Bertz CT molecular complexity index is 580. The summed E-state index contributed by atoms with van der Waals surface area (Å²) in [7, 11) is -1.06. The lowest BCUT2D eigenvalue weighted by Crippen LogP contribution is -2.24. The summed E-state index contributed by atoms with van der Waals surface area (Å²) in [6.45, 7) is 8.20. The van der Waals surface area contributed by atoms with Crippen LogP contribution in [0.4, 0.5) is 0 Å². The molecule has 19 heavy (non-hydrogen) atoms. The van der Waals surface area contributed by atoms with E-state index in [2.05, 4.69) is 40.6 Å². The fourth-order valence-corrected chi connectivity index (χ4v) is 3.11. The number of rotatable bonds is 5. The van der Waals surface area contributed by atoms with E-state index in [4.69, 9.17) is 4.74 Å². The minimum Gasteiger partial charge on any atom is -0.619 e. The molecule has 2 rings (SSSR count). The number of fused-ring (bicyclic) bond motifs is 1. The van der Waals surface area contributed by atoms with Crippen molar-refractivity contribution >= 4 is 35.0 Å². The number of hydrogen-bond acceptors (Lipinski definition) is 3. The van der Waals surface area contributed by atoms with Crippen LogP contribution in [-0.2, 0) is 11.5 Å². The quantitative estimate of drug-likeness (QED) is 0.363. The normalized spacial score (nSPS) is 12.2. The van der Waals surface area contributed by atoms with Crippen molar-refractivity contribution in [3.8, 4) is 0 Å². The van der Waals surface area contributed by atoms with E-state index in [1.807, 2.05) is 4.57 Å². The van der Waals surface area contributed by atoms with E-state index >= 15 is 0 Å². The molecule has 0 spiro atoms. The first-order valence-corrected chi connectivity index (χ1v) is 10.7. The molecule has 0 N–H and O–H groups in total. The van der Waals surface area contributed by atoms with Crippen LogP contribution in [0.3, 0.4) is 0 Å². The highest BCUT2D eigenvalue weighted by molar-refractivity contribution is 9.10. The van der Waals surface area contributed by atoms with Gasteiger partial charge in [0.2, 0.25) is 6.20 Å². The Balaban J connectivity index is 2.06. The maximum absolute atomic E-state index is 11.3. The highest BCUT2D eigenvalue weighted by Gasteiger charge is 2.13. The van der Waals surface area contributed by atoms with Gasteiger partial charge >= 0.3 is 0 Å². The first-order chi connectivity index (χ1) is 8.87. The summed E-state index contributed by atoms with van der Waals surface area (Å²) in [5.74, 6) is 0. The summed E-state index contributed by atoms with van der Waals surface area (Å²) in [4.78, 5) is 4.21. The summed E-state index contributed by atoms with van der Waals surface area (Å²) in [6, 6.07) is 1.14. The van der Waals surface area contributed by atoms with E-state index in [1.165, 1.54) is 12.4 Å². The van der Waals surface area contributed by atoms with Gasteiger partial charge in [-0.25, -0.2) is 4.98 Å². The zero-order chi connectivity index (χ0) is 14.0. The van der Waals surface area contributed by atoms with Crippen LogP contribution in [0.2, 0.25) is 25.7 Å². The molecule has 5 nitrogen and oxygen atoms in total. The van der Waals surface area contributed by atoms with Gasteiger partial charge in [0, 0.05) is 14.7 Å². The monoisotopic (exact) mass is 343 g/mol. The van der Waals surface area contributed by atoms with Crippen LogP contribution in [0, 0.1) is 5.21 Å². The maximum atomic E-state index is 11.3. The van der Waals surface area contributed by atoms with Gasteiger partial charge in [-0.2, -0.15) is 4.73 Å². The molecule has 0 aliphatic heterocycles. The molecule has 0 atom stereocenters. The summed E-state index contributed by atoms with van der Waals surface area (Å²) in [5.41, 5.74) is 1.55. The zero-order valence-electron chi connectivity index (χ0n) is 11.4. The molecule has 2 heterocycles. The Hall–Kier alpha value is -0.923. The maximum Gasteiger partial charge on any atom is 0.208 e. The molecule has 0 saturated carbocycles. The lowest BCUT2D eigenvalue weighted by Gasteiger charge is -2.15. The molecule has 0 unspecified atom stereocenters. The zero-order valence-corrected chi connectivity index (χ0v) is 14.0. The van der Waals surface area contributed by atoms with E-state index in [9.17, 15) is 5.21 Å². The molecule has 0 radical (unpaired) electrons. The third kappa shape index (κ3) is 3.77. The SMILES string of the molecule is C[Si](C)(C)CCOCn1cnc2c[n+]([O-])cc(Br)c21. The highest BCUT2D eigenvalue weighted by atomic mass is 79.9. The van der Waals surface area contributed by atoms with Gasteiger partial charge in [0.05, 0.1) is 11.8 Å². The molecule has 0 amide bonds. The van der Waals surface area contributed by atoms with Gasteiger partial charge in [0.15, 0.2) is 11.7 Å². The minimum atomic E-state index is -1.06. The highest BCUT2D eigenvalue weighted by Crippen LogP contribution is 2.21.